The zero-order chi connectivity index (χ0) is 26.0. The average molecular weight is 503 g/mol. The number of rotatable bonds is 9. The van der Waals surface area contributed by atoms with Crippen LogP contribution in [-0.2, 0) is 4.74 Å². The molecule has 7 N–H and O–H groups in total. The number of para-hydroxylation sites is 2. The molecule has 0 aromatic heterocycles. The first-order chi connectivity index (χ1) is 18.0. The minimum absolute atomic E-state index is 0.225. The number of carbonyl (C=O) groups is 2. The number of hydrogen-bond acceptors (Lipinski definition) is 6. The van der Waals surface area contributed by atoms with Crippen molar-refractivity contribution in [3.05, 3.63) is 83.9 Å². The number of amides is 3. The van der Waals surface area contributed by atoms with Crippen LogP contribution in [0.15, 0.2) is 72.8 Å². The number of hydrogen-bond donors (Lipinski definition) is 5. The van der Waals surface area contributed by atoms with Crippen LogP contribution in [0.1, 0.15) is 34.8 Å². The highest BCUT2D eigenvalue weighted by molar-refractivity contribution is 6.05. The number of nitrogens with one attached hydrogen (secondary N) is 3. The fourth-order valence-electron chi connectivity index (χ4n) is 4.23. The lowest BCUT2D eigenvalue weighted by Gasteiger charge is -2.27. The molecule has 3 amide bonds. The van der Waals surface area contributed by atoms with Gasteiger partial charge in [-0.2, -0.15) is 0 Å². The van der Waals surface area contributed by atoms with E-state index in [2.05, 4.69) is 20.9 Å². The quantitative estimate of drug-likeness (QED) is 0.280. The number of morpholine rings is 1. The number of urea groups is 1. The van der Waals surface area contributed by atoms with Crippen molar-refractivity contribution in [2.45, 2.75) is 18.9 Å². The Morgan fingerprint density at radius 2 is 1.59 bits per heavy atom. The molecule has 0 aliphatic carbocycles. The summed E-state index contributed by atoms with van der Waals surface area (Å²) in [6.07, 6.45) is 1.65. The van der Waals surface area contributed by atoms with Gasteiger partial charge in [-0.3, -0.25) is 9.69 Å². The van der Waals surface area contributed by atoms with E-state index in [-0.39, 0.29) is 18.0 Å². The lowest BCUT2D eigenvalue weighted by Crippen LogP contribution is -2.37. The molecule has 1 unspecified atom stereocenters. The van der Waals surface area contributed by atoms with Gasteiger partial charge in [0, 0.05) is 30.0 Å². The van der Waals surface area contributed by atoms with Gasteiger partial charge in [0.25, 0.3) is 5.91 Å². The van der Waals surface area contributed by atoms with Crippen molar-refractivity contribution < 1.29 is 14.3 Å². The highest BCUT2D eigenvalue weighted by Crippen LogP contribution is 2.22. The van der Waals surface area contributed by atoms with Crippen molar-refractivity contribution in [3.8, 4) is 0 Å². The number of nitrogens with two attached hydrogens (primary N) is 2. The molecule has 1 heterocycles. The lowest BCUT2D eigenvalue weighted by molar-refractivity contribution is 0.0369. The maximum absolute atomic E-state index is 12.8. The minimum atomic E-state index is -0.303. The van der Waals surface area contributed by atoms with Gasteiger partial charge in [0.2, 0.25) is 0 Å². The summed E-state index contributed by atoms with van der Waals surface area (Å²) in [5.41, 5.74) is 15.5. The number of benzene rings is 3. The maximum atomic E-state index is 12.8. The molecule has 3 aromatic carbocycles. The molecule has 0 bridgehead atoms. The van der Waals surface area contributed by atoms with Crippen LogP contribution in [0.4, 0.5) is 27.5 Å². The summed E-state index contributed by atoms with van der Waals surface area (Å²) < 4.78 is 5.43. The van der Waals surface area contributed by atoms with Crippen molar-refractivity contribution >= 4 is 34.7 Å². The van der Waals surface area contributed by atoms with E-state index in [1.54, 1.807) is 48.5 Å². The SMILES string of the molecule is Nc1ccc(NC(=O)NC(CCCN2CCOCC2)c2ccc(C(=O)Nc3ccccc3N)cc2)cc1. The molecule has 1 fully saturated rings. The third-order valence-electron chi connectivity index (χ3n) is 6.33. The minimum Gasteiger partial charge on any atom is -0.399 e. The second-order valence-electron chi connectivity index (χ2n) is 9.03. The number of nitrogens with zero attached hydrogens (tertiary/aromatic N) is 1. The molecule has 9 nitrogen and oxygen atoms in total. The summed E-state index contributed by atoms with van der Waals surface area (Å²) >= 11 is 0. The van der Waals surface area contributed by atoms with Crippen LogP contribution in [0.3, 0.4) is 0 Å². The third kappa shape index (κ3) is 7.70. The Bertz CT molecular complexity index is 1180. The topological polar surface area (TPSA) is 135 Å². The summed E-state index contributed by atoms with van der Waals surface area (Å²) in [5, 5.41) is 8.79. The maximum Gasteiger partial charge on any atom is 0.319 e. The summed E-state index contributed by atoms with van der Waals surface area (Å²) in [6.45, 7) is 4.28. The molecule has 1 aliphatic heterocycles. The Balaban J connectivity index is 1.42. The van der Waals surface area contributed by atoms with E-state index in [1.807, 2.05) is 24.3 Å². The fourth-order valence-corrected chi connectivity index (χ4v) is 4.23. The Labute approximate surface area is 217 Å². The third-order valence-corrected chi connectivity index (χ3v) is 6.33. The molecular weight excluding hydrogens is 468 g/mol. The molecule has 0 spiro atoms. The van der Waals surface area contributed by atoms with Gasteiger partial charge in [-0.25, -0.2) is 4.79 Å². The van der Waals surface area contributed by atoms with E-state index < -0.39 is 0 Å². The van der Waals surface area contributed by atoms with Crippen LogP contribution in [0.2, 0.25) is 0 Å². The Morgan fingerprint density at radius 3 is 2.30 bits per heavy atom. The molecule has 37 heavy (non-hydrogen) atoms. The molecule has 9 heteroatoms. The van der Waals surface area contributed by atoms with Crippen LogP contribution in [-0.4, -0.2) is 49.7 Å². The van der Waals surface area contributed by atoms with E-state index in [0.717, 1.165) is 51.3 Å². The molecule has 1 aliphatic rings. The Kier molecular flexibility index (Phi) is 8.96. The van der Waals surface area contributed by atoms with Crippen molar-refractivity contribution in [3.63, 3.8) is 0 Å². The van der Waals surface area contributed by atoms with Gasteiger partial charge < -0.3 is 32.2 Å². The average Bonchev–Trinajstić information content (AvgIpc) is 2.91. The summed E-state index contributed by atoms with van der Waals surface area (Å²) in [7, 11) is 0. The van der Waals surface area contributed by atoms with E-state index in [9.17, 15) is 9.59 Å². The molecule has 1 saturated heterocycles. The van der Waals surface area contributed by atoms with E-state index in [1.165, 1.54) is 0 Å². The summed E-state index contributed by atoms with van der Waals surface area (Å²) in [4.78, 5) is 27.9. The first-order valence-corrected chi connectivity index (χ1v) is 12.5. The van der Waals surface area contributed by atoms with Gasteiger partial charge in [-0.15, -0.1) is 0 Å². The summed E-state index contributed by atoms with van der Waals surface area (Å²) in [5.74, 6) is -0.248. The van der Waals surface area contributed by atoms with Gasteiger partial charge in [0.05, 0.1) is 30.6 Å². The van der Waals surface area contributed by atoms with Gasteiger partial charge >= 0.3 is 6.03 Å². The second-order valence-corrected chi connectivity index (χ2v) is 9.03. The predicted octanol–water partition coefficient (Wildman–Crippen LogP) is 4.08. The van der Waals surface area contributed by atoms with Crippen molar-refractivity contribution in [1.82, 2.24) is 10.2 Å². The zero-order valence-corrected chi connectivity index (χ0v) is 20.8. The number of ether oxygens (including phenoxy) is 1. The summed E-state index contributed by atoms with van der Waals surface area (Å²) in [6, 6.07) is 20.9. The molecule has 0 radical (unpaired) electrons. The number of anilines is 4. The first-order valence-electron chi connectivity index (χ1n) is 12.5. The standard InChI is InChI=1S/C28H34N6O3/c29-22-11-13-23(14-12-22)31-28(36)33-25(6-3-15-34-16-18-37-19-17-34)20-7-9-21(10-8-20)27(35)32-26-5-2-1-4-24(26)30/h1-2,4-5,7-14,25H,3,6,15-19,29-30H2,(H,32,35)(H2,31,33,36). The van der Waals surface area contributed by atoms with Gasteiger partial charge in [-0.1, -0.05) is 24.3 Å². The van der Waals surface area contributed by atoms with Crippen LogP contribution < -0.4 is 27.4 Å². The van der Waals surface area contributed by atoms with E-state index >= 15 is 0 Å². The normalized spacial score (nSPS) is 14.5. The van der Waals surface area contributed by atoms with Crippen LogP contribution >= 0.6 is 0 Å². The first kappa shape index (κ1) is 26.0. The van der Waals surface area contributed by atoms with Gasteiger partial charge in [0.1, 0.15) is 0 Å². The smallest absolute Gasteiger partial charge is 0.319 e. The van der Waals surface area contributed by atoms with Crippen LogP contribution in [0, 0.1) is 0 Å². The Morgan fingerprint density at radius 1 is 0.892 bits per heavy atom. The molecule has 194 valence electrons. The molecule has 0 saturated carbocycles. The van der Waals surface area contributed by atoms with Crippen molar-refractivity contribution in [1.29, 1.82) is 0 Å². The van der Waals surface area contributed by atoms with E-state index in [4.69, 9.17) is 16.2 Å². The Hall–Kier alpha value is -4.08. The molecule has 4 rings (SSSR count). The van der Waals surface area contributed by atoms with Crippen molar-refractivity contribution in [2.75, 3.05) is 54.9 Å². The highest BCUT2D eigenvalue weighted by Gasteiger charge is 2.18. The highest BCUT2D eigenvalue weighted by atomic mass is 16.5. The fraction of sp³-hybridized carbons (Fsp3) is 0.286. The predicted molar refractivity (Wildman–Crippen MR) is 147 cm³/mol. The number of carbonyl (C=O) groups excluding carboxylic acids is 2. The monoisotopic (exact) mass is 502 g/mol. The number of nitrogen functional groups attached to an aromatic ring is 2. The molecular formula is C28H34N6O3. The lowest BCUT2D eigenvalue weighted by atomic mass is 10.00. The van der Waals surface area contributed by atoms with Gasteiger partial charge in [0.15, 0.2) is 0 Å². The van der Waals surface area contributed by atoms with Crippen LogP contribution in [0.5, 0.6) is 0 Å². The van der Waals surface area contributed by atoms with Crippen LogP contribution in [0.25, 0.3) is 0 Å². The molecule has 1 atom stereocenters. The second kappa shape index (κ2) is 12.8. The zero-order valence-electron chi connectivity index (χ0n) is 20.8. The van der Waals surface area contributed by atoms with Gasteiger partial charge in [-0.05, 0) is 73.5 Å². The van der Waals surface area contributed by atoms with E-state index in [0.29, 0.717) is 28.3 Å². The molecule has 3 aromatic rings. The largest absolute Gasteiger partial charge is 0.399 e. The van der Waals surface area contributed by atoms with Crippen molar-refractivity contribution in [2.24, 2.45) is 0 Å².